The van der Waals surface area contributed by atoms with Crippen molar-refractivity contribution in [2.45, 2.75) is 19.1 Å². The number of nitrogens with two attached hydrogens (primary N) is 1. The highest BCUT2D eigenvalue weighted by Gasteiger charge is 2.19. The van der Waals surface area contributed by atoms with Gasteiger partial charge in [0, 0.05) is 0 Å². The van der Waals surface area contributed by atoms with Gasteiger partial charge in [-0.2, -0.15) is 0 Å². The van der Waals surface area contributed by atoms with Crippen molar-refractivity contribution in [3.05, 3.63) is 35.6 Å². The van der Waals surface area contributed by atoms with Crippen molar-refractivity contribution in [1.29, 1.82) is 0 Å². The Morgan fingerprint density at radius 3 is 2.47 bits per heavy atom. The molecule has 0 unspecified atom stereocenters. The van der Waals surface area contributed by atoms with E-state index in [0.717, 1.165) is 0 Å². The van der Waals surface area contributed by atoms with Crippen molar-refractivity contribution in [1.82, 2.24) is 0 Å². The lowest BCUT2D eigenvalue weighted by Crippen LogP contribution is -2.25. The summed E-state index contributed by atoms with van der Waals surface area (Å²) in [6.45, 7) is 1.50. The van der Waals surface area contributed by atoms with E-state index in [0.29, 0.717) is 5.56 Å². The van der Waals surface area contributed by atoms with E-state index >= 15 is 0 Å². The summed E-state index contributed by atoms with van der Waals surface area (Å²) in [5.41, 5.74) is 5.26. The molecule has 0 saturated carbocycles. The second-order valence-corrected chi connectivity index (χ2v) is 3.14. The number of benzene rings is 1. The van der Waals surface area contributed by atoms with Crippen LogP contribution in [-0.4, -0.2) is 17.3 Å². The fourth-order valence-electron chi connectivity index (χ4n) is 1.18. The van der Waals surface area contributed by atoms with Gasteiger partial charge in [-0.1, -0.05) is 12.1 Å². The van der Waals surface area contributed by atoms with Gasteiger partial charge in [-0.25, -0.2) is 9.18 Å². The molecule has 3 N–H and O–H groups in total. The maximum atomic E-state index is 12.6. The Labute approximate surface area is 86.5 Å². The molecule has 0 fully saturated rings. The van der Waals surface area contributed by atoms with Gasteiger partial charge < -0.3 is 15.6 Å². The predicted molar refractivity (Wildman–Crippen MR) is 51.5 cm³/mol. The summed E-state index contributed by atoms with van der Waals surface area (Å²) in [6, 6.07) is 5.27. The zero-order chi connectivity index (χ0) is 11.4. The van der Waals surface area contributed by atoms with Crippen molar-refractivity contribution in [2.75, 3.05) is 0 Å². The molecule has 0 spiro atoms. The van der Waals surface area contributed by atoms with Crippen LogP contribution in [0.25, 0.3) is 0 Å². The van der Waals surface area contributed by atoms with E-state index < -0.39 is 24.1 Å². The summed E-state index contributed by atoms with van der Waals surface area (Å²) in [5, 5.41) is 9.67. The van der Waals surface area contributed by atoms with E-state index in [1.807, 2.05) is 0 Å². The lowest BCUT2D eigenvalue weighted by molar-refractivity contribution is 0.0157. The molecule has 0 aliphatic rings. The Bertz CT molecular complexity index is 339. The van der Waals surface area contributed by atoms with Crippen LogP contribution in [0.1, 0.15) is 18.6 Å². The van der Waals surface area contributed by atoms with Crippen LogP contribution in [0.15, 0.2) is 24.3 Å². The second kappa shape index (κ2) is 4.75. The molecule has 1 amide bonds. The topological polar surface area (TPSA) is 72.5 Å². The van der Waals surface area contributed by atoms with Crippen LogP contribution >= 0.6 is 0 Å². The van der Waals surface area contributed by atoms with Crippen LogP contribution in [-0.2, 0) is 4.74 Å². The standard InChI is InChI=1S/C10H12FNO3/c1-6(15-10(12)14)9(13)7-2-4-8(11)5-3-7/h2-6,9,13H,1H3,(H2,12,14)/t6-,9+/m0/s1. The molecule has 5 heteroatoms. The van der Waals surface area contributed by atoms with E-state index in [9.17, 15) is 14.3 Å². The first-order valence-electron chi connectivity index (χ1n) is 4.40. The average molecular weight is 213 g/mol. The van der Waals surface area contributed by atoms with Crippen LogP contribution in [0.2, 0.25) is 0 Å². The van der Waals surface area contributed by atoms with Gasteiger partial charge in [-0.15, -0.1) is 0 Å². The Morgan fingerprint density at radius 1 is 1.47 bits per heavy atom. The molecule has 4 nitrogen and oxygen atoms in total. The van der Waals surface area contributed by atoms with Gasteiger partial charge in [0.1, 0.15) is 18.0 Å². The highest BCUT2D eigenvalue weighted by atomic mass is 19.1. The quantitative estimate of drug-likeness (QED) is 0.795. The molecular formula is C10H12FNO3. The number of aliphatic hydroxyl groups is 1. The highest BCUT2D eigenvalue weighted by Crippen LogP contribution is 2.19. The maximum Gasteiger partial charge on any atom is 0.404 e. The second-order valence-electron chi connectivity index (χ2n) is 3.14. The van der Waals surface area contributed by atoms with Crippen molar-refractivity contribution in [3.8, 4) is 0 Å². The number of halogens is 1. The number of carbonyl (C=O) groups is 1. The molecule has 1 rings (SSSR count). The van der Waals surface area contributed by atoms with Gasteiger partial charge in [-0.05, 0) is 24.6 Å². The minimum Gasteiger partial charge on any atom is -0.444 e. The Morgan fingerprint density at radius 2 is 2.00 bits per heavy atom. The number of primary amides is 1. The van der Waals surface area contributed by atoms with E-state index in [4.69, 9.17) is 5.73 Å². The molecule has 1 aromatic rings. The summed E-state index contributed by atoms with van der Waals surface area (Å²) >= 11 is 0. The number of rotatable bonds is 3. The van der Waals surface area contributed by atoms with E-state index in [1.54, 1.807) is 0 Å². The van der Waals surface area contributed by atoms with Crippen molar-refractivity contribution in [3.63, 3.8) is 0 Å². The van der Waals surface area contributed by atoms with Crippen LogP contribution in [0.4, 0.5) is 9.18 Å². The monoisotopic (exact) mass is 213 g/mol. The van der Waals surface area contributed by atoms with Crippen LogP contribution < -0.4 is 5.73 Å². The third kappa shape index (κ3) is 3.21. The summed E-state index contributed by atoms with van der Waals surface area (Å²) in [5.74, 6) is -0.394. The Balaban J connectivity index is 2.71. The van der Waals surface area contributed by atoms with Gasteiger partial charge >= 0.3 is 6.09 Å². The molecule has 1 aromatic carbocycles. The first-order valence-corrected chi connectivity index (χ1v) is 4.40. The minimum absolute atomic E-state index is 0.394. The smallest absolute Gasteiger partial charge is 0.404 e. The molecule has 0 saturated heterocycles. The first kappa shape index (κ1) is 11.5. The Hall–Kier alpha value is -1.62. The van der Waals surface area contributed by atoms with Gasteiger partial charge in [0.15, 0.2) is 0 Å². The van der Waals surface area contributed by atoms with Gasteiger partial charge in [-0.3, -0.25) is 0 Å². The Kier molecular flexibility index (Phi) is 3.62. The predicted octanol–water partition coefficient (Wildman–Crippen LogP) is 1.34. The normalized spacial score (nSPS) is 14.3. The number of aliphatic hydroxyl groups excluding tert-OH is 1. The zero-order valence-corrected chi connectivity index (χ0v) is 8.18. The van der Waals surface area contributed by atoms with Gasteiger partial charge in [0.25, 0.3) is 0 Å². The molecule has 0 radical (unpaired) electrons. The molecule has 0 heterocycles. The van der Waals surface area contributed by atoms with Crippen LogP contribution in [0.5, 0.6) is 0 Å². The number of hydrogen-bond acceptors (Lipinski definition) is 3. The van der Waals surface area contributed by atoms with Crippen molar-refractivity contribution >= 4 is 6.09 Å². The molecule has 0 aliphatic heterocycles. The summed E-state index contributed by atoms with van der Waals surface area (Å²) in [4.78, 5) is 10.4. The largest absolute Gasteiger partial charge is 0.444 e. The minimum atomic E-state index is -1.02. The van der Waals surface area contributed by atoms with E-state index in [2.05, 4.69) is 4.74 Å². The maximum absolute atomic E-state index is 12.6. The first-order chi connectivity index (χ1) is 7.00. The van der Waals surface area contributed by atoms with Gasteiger partial charge in [0.2, 0.25) is 0 Å². The average Bonchev–Trinajstić information content (AvgIpc) is 2.17. The number of carbonyl (C=O) groups excluding carboxylic acids is 1. The third-order valence-corrected chi connectivity index (χ3v) is 1.96. The zero-order valence-electron chi connectivity index (χ0n) is 8.18. The molecule has 0 aromatic heterocycles. The molecule has 82 valence electrons. The van der Waals surface area contributed by atoms with E-state index in [1.165, 1.54) is 31.2 Å². The molecular weight excluding hydrogens is 201 g/mol. The fraction of sp³-hybridized carbons (Fsp3) is 0.300. The lowest BCUT2D eigenvalue weighted by atomic mass is 10.1. The lowest BCUT2D eigenvalue weighted by Gasteiger charge is -2.18. The summed E-state index contributed by atoms with van der Waals surface area (Å²) in [7, 11) is 0. The number of amides is 1. The fourth-order valence-corrected chi connectivity index (χ4v) is 1.18. The highest BCUT2D eigenvalue weighted by molar-refractivity contribution is 5.64. The third-order valence-electron chi connectivity index (χ3n) is 1.96. The number of hydrogen-bond donors (Lipinski definition) is 2. The van der Waals surface area contributed by atoms with Crippen LogP contribution in [0, 0.1) is 5.82 Å². The molecule has 15 heavy (non-hydrogen) atoms. The molecule has 0 aliphatic carbocycles. The number of ether oxygens (including phenoxy) is 1. The van der Waals surface area contributed by atoms with E-state index in [-0.39, 0.29) is 0 Å². The van der Waals surface area contributed by atoms with Crippen LogP contribution in [0.3, 0.4) is 0 Å². The van der Waals surface area contributed by atoms with Crippen molar-refractivity contribution < 1.29 is 19.0 Å². The molecule has 2 atom stereocenters. The van der Waals surface area contributed by atoms with Crippen molar-refractivity contribution in [2.24, 2.45) is 5.73 Å². The SMILES string of the molecule is C[C@H](OC(N)=O)[C@@H](O)c1ccc(F)cc1. The van der Waals surface area contributed by atoms with Gasteiger partial charge in [0.05, 0.1) is 0 Å². The summed E-state index contributed by atoms with van der Waals surface area (Å²) < 4.78 is 17.2. The molecule has 0 bridgehead atoms. The summed E-state index contributed by atoms with van der Waals surface area (Å²) in [6.07, 6.45) is -2.74.